The number of hydrogen-bond acceptors (Lipinski definition) is 4. The molecule has 0 spiro atoms. The minimum atomic E-state index is -0.611. The number of carbonyl (C=O) groups is 1. The lowest BCUT2D eigenvalue weighted by Gasteiger charge is -2.34. The van der Waals surface area contributed by atoms with Crippen LogP contribution in [-0.2, 0) is 9.53 Å². The van der Waals surface area contributed by atoms with Gasteiger partial charge in [0.15, 0.2) is 0 Å². The average molecular weight is 404 g/mol. The van der Waals surface area contributed by atoms with Crippen molar-refractivity contribution in [2.75, 3.05) is 45.9 Å². The molecule has 0 bridgehead atoms. The second-order valence-corrected chi connectivity index (χ2v) is 7.66. The number of piperazine rings is 1. The van der Waals surface area contributed by atoms with E-state index in [1.165, 1.54) is 4.90 Å². The summed E-state index contributed by atoms with van der Waals surface area (Å²) >= 11 is 12.0. The molecule has 0 aromatic heterocycles. The monoisotopic (exact) mass is 403 g/mol. The van der Waals surface area contributed by atoms with Crippen molar-refractivity contribution in [3.63, 3.8) is 0 Å². The van der Waals surface area contributed by atoms with Crippen LogP contribution in [0.25, 0.3) is 0 Å². The molecule has 2 heterocycles. The van der Waals surface area contributed by atoms with Crippen molar-refractivity contribution in [3.8, 4) is 5.75 Å². The molecule has 1 aromatic carbocycles. The Morgan fingerprint density at radius 3 is 2.85 bits per heavy atom. The van der Waals surface area contributed by atoms with E-state index >= 15 is 0 Å². The Bertz CT molecular complexity index is 617. The van der Waals surface area contributed by atoms with Crippen LogP contribution in [0.3, 0.4) is 0 Å². The molecular weight excluding hydrogens is 379 g/mol. The Labute approximate surface area is 163 Å². The van der Waals surface area contributed by atoms with E-state index < -0.39 is 6.10 Å². The van der Waals surface area contributed by atoms with E-state index in [1.54, 1.807) is 18.2 Å². The number of aliphatic hydroxyl groups excluding tert-OH is 1. The molecule has 144 valence electrons. The zero-order valence-corrected chi connectivity index (χ0v) is 16.1. The first kappa shape index (κ1) is 19.7. The molecule has 2 atom stereocenters. The predicted octanol–water partition coefficient (Wildman–Crippen LogP) is 0.639. The van der Waals surface area contributed by atoms with Crippen molar-refractivity contribution in [3.05, 3.63) is 28.2 Å². The number of ether oxygens (including phenoxy) is 2. The normalized spacial score (nSPS) is 22.4. The molecule has 1 aromatic rings. The summed E-state index contributed by atoms with van der Waals surface area (Å²) in [4.78, 5) is 15.5. The van der Waals surface area contributed by atoms with Crippen LogP contribution in [0.15, 0.2) is 18.2 Å². The maximum atomic E-state index is 12.3. The Morgan fingerprint density at radius 1 is 1.38 bits per heavy atom. The van der Waals surface area contributed by atoms with Gasteiger partial charge in [0.25, 0.3) is 5.91 Å². The van der Waals surface area contributed by atoms with Gasteiger partial charge in [-0.2, -0.15) is 0 Å². The van der Waals surface area contributed by atoms with E-state index in [0.717, 1.165) is 25.9 Å². The summed E-state index contributed by atoms with van der Waals surface area (Å²) in [5, 5.41) is 11.3. The SMILES string of the molecule is O=C([C@H]1CCCO1)N1CC[NH+](C[C@H](O)COc2cc(Cl)ccc2Cl)CC1. The van der Waals surface area contributed by atoms with Gasteiger partial charge in [-0.15, -0.1) is 0 Å². The molecule has 6 nitrogen and oxygen atoms in total. The molecule has 3 rings (SSSR count). The van der Waals surface area contributed by atoms with Gasteiger partial charge in [0, 0.05) is 17.7 Å². The van der Waals surface area contributed by atoms with Gasteiger partial charge >= 0.3 is 0 Å². The van der Waals surface area contributed by atoms with Gasteiger partial charge in [0.1, 0.15) is 31.1 Å². The van der Waals surface area contributed by atoms with Gasteiger partial charge in [-0.25, -0.2) is 0 Å². The first-order valence-electron chi connectivity index (χ1n) is 9.03. The summed E-state index contributed by atoms with van der Waals surface area (Å²) in [6.07, 6.45) is 0.928. The summed E-state index contributed by atoms with van der Waals surface area (Å²) in [7, 11) is 0. The molecule has 2 fully saturated rings. The number of nitrogens with one attached hydrogen (secondary N) is 1. The number of amides is 1. The van der Waals surface area contributed by atoms with Crippen LogP contribution in [0.2, 0.25) is 10.0 Å². The Hall–Kier alpha value is -1.05. The first-order valence-corrected chi connectivity index (χ1v) is 9.78. The molecule has 2 aliphatic heterocycles. The topological polar surface area (TPSA) is 63.4 Å². The van der Waals surface area contributed by atoms with Crippen molar-refractivity contribution in [2.45, 2.75) is 25.0 Å². The number of aliphatic hydroxyl groups is 1. The predicted molar refractivity (Wildman–Crippen MR) is 99.1 cm³/mol. The van der Waals surface area contributed by atoms with Crippen LogP contribution >= 0.6 is 23.2 Å². The molecule has 0 aliphatic carbocycles. The fourth-order valence-corrected chi connectivity index (χ4v) is 3.72. The van der Waals surface area contributed by atoms with Crippen LogP contribution < -0.4 is 9.64 Å². The number of carbonyl (C=O) groups excluding carboxylic acids is 1. The molecule has 26 heavy (non-hydrogen) atoms. The van der Waals surface area contributed by atoms with Gasteiger partial charge in [-0.05, 0) is 25.0 Å². The van der Waals surface area contributed by atoms with Gasteiger partial charge in [0.2, 0.25) is 0 Å². The summed E-state index contributed by atoms with van der Waals surface area (Å²) in [6.45, 7) is 4.43. The molecule has 2 N–H and O–H groups in total. The summed E-state index contributed by atoms with van der Waals surface area (Å²) in [6, 6.07) is 4.99. The second-order valence-electron chi connectivity index (χ2n) is 6.82. The highest BCUT2D eigenvalue weighted by Crippen LogP contribution is 2.27. The van der Waals surface area contributed by atoms with Crippen LogP contribution in [0.1, 0.15) is 12.8 Å². The van der Waals surface area contributed by atoms with Crippen molar-refractivity contribution in [1.82, 2.24) is 4.90 Å². The van der Waals surface area contributed by atoms with Gasteiger partial charge < -0.3 is 24.4 Å². The standard InChI is InChI=1S/C18H24Cl2N2O4/c19-13-3-4-15(20)17(10-13)26-12-14(23)11-21-5-7-22(8-6-21)18(24)16-2-1-9-25-16/h3-4,10,14,16,23H,1-2,5-9,11-12H2/p+1/t14-,16+/m0/s1. The highest BCUT2D eigenvalue weighted by Gasteiger charge is 2.32. The number of halogens is 2. The molecule has 8 heteroatoms. The molecule has 1 amide bonds. The lowest BCUT2D eigenvalue weighted by molar-refractivity contribution is -0.907. The molecule has 2 aliphatic rings. The minimum absolute atomic E-state index is 0.112. The number of hydrogen-bond donors (Lipinski definition) is 2. The van der Waals surface area contributed by atoms with E-state index in [1.807, 2.05) is 4.90 Å². The maximum Gasteiger partial charge on any atom is 0.252 e. The third-order valence-electron chi connectivity index (χ3n) is 4.84. The Balaban J connectivity index is 1.39. The fourth-order valence-electron chi connectivity index (χ4n) is 3.39. The largest absolute Gasteiger partial charge is 0.489 e. The van der Waals surface area contributed by atoms with Crippen LogP contribution in [0, 0.1) is 0 Å². The van der Waals surface area contributed by atoms with E-state index in [-0.39, 0.29) is 18.6 Å². The number of quaternary nitrogens is 1. The van der Waals surface area contributed by atoms with E-state index in [4.69, 9.17) is 32.7 Å². The highest BCUT2D eigenvalue weighted by molar-refractivity contribution is 6.34. The van der Waals surface area contributed by atoms with Crippen molar-refractivity contribution in [1.29, 1.82) is 0 Å². The second kappa shape index (κ2) is 9.24. The van der Waals surface area contributed by atoms with Gasteiger partial charge in [-0.1, -0.05) is 23.2 Å². The van der Waals surface area contributed by atoms with Gasteiger partial charge in [0.05, 0.1) is 31.2 Å². The van der Waals surface area contributed by atoms with Crippen LogP contribution in [0.4, 0.5) is 0 Å². The summed E-state index contributed by atoms with van der Waals surface area (Å²) < 4.78 is 11.1. The fraction of sp³-hybridized carbons (Fsp3) is 0.611. The van der Waals surface area contributed by atoms with Crippen molar-refractivity contribution >= 4 is 29.1 Å². The molecule has 0 unspecified atom stereocenters. The third kappa shape index (κ3) is 5.24. The van der Waals surface area contributed by atoms with Crippen molar-refractivity contribution in [2.24, 2.45) is 0 Å². The van der Waals surface area contributed by atoms with E-state index in [0.29, 0.717) is 42.0 Å². The zero-order chi connectivity index (χ0) is 18.5. The average Bonchev–Trinajstić information content (AvgIpc) is 3.17. The smallest absolute Gasteiger partial charge is 0.252 e. The summed E-state index contributed by atoms with van der Waals surface area (Å²) in [5.41, 5.74) is 0. The third-order valence-corrected chi connectivity index (χ3v) is 5.38. The first-order chi connectivity index (χ1) is 12.5. The van der Waals surface area contributed by atoms with E-state index in [9.17, 15) is 9.90 Å². The number of benzene rings is 1. The minimum Gasteiger partial charge on any atom is -0.489 e. The Morgan fingerprint density at radius 2 is 2.15 bits per heavy atom. The lowest BCUT2D eigenvalue weighted by atomic mass is 10.2. The van der Waals surface area contributed by atoms with E-state index in [2.05, 4.69) is 0 Å². The maximum absolute atomic E-state index is 12.3. The quantitative estimate of drug-likeness (QED) is 0.731. The molecule has 0 saturated carbocycles. The number of rotatable bonds is 6. The molecule has 0 radical (unpaired) electrons. The lowest BCUT2D eigenvalue weighted by Crippen LogP contribution is -3.16. The molecular formula is C18H25Cl2N2O4+. The van der Waals surface area contributed by atoms with Crippen LogP contribution in [0.5, 0.6) is 5.75 Å². The Kier molecular flexibility index (Phi) is 7.00. The number of nitrogens with zero attached hydrogens (tertiary/aromatic N) is 1. The van der Waals surface area contributed by atoms with Gasteiger partial charge in [-0.3, -0.25) is 4.79 Å². The zero-order valence-electron chi connectivity index (χ0n) is 14.6. The summed E-state index contributed by atoms with van der Waals surface area (Å²) in [5.74, 6) is 0.584. The van der Waals surface area contributed by atoms with Crippen LogP contribution in [-0.4, -0.2) is 74.1 Å². The molecule has 2 saturated heterocycles. The highest BCUT2D eigenvalue weighted by atomic mass is 35.5. The van der Waals surface area contributed by atoms with Crippen molar-refractivity contribution < 1.29 is 24.3 Å².